The molecule has 2 rings (SSSR count). The van der Waals surface area contributed by atoms with E-state index in [9.17, 15) is 9.90 Å². The second kappa shape index (κ2) is 7.75. The number of carbonyl (C=O) groups is 1. The predicted molar refractivity (Wildman–Crippen MR) is 73.3 cm³/mol. The van der Waals surface area contributed by atoms with Crippen LogP contribution in [0.1, 0.15) is 21.5 Å². The third kappa shape index (κ3) is 4.95. The highest BCUT2D eigenvalue weighted by molar-refractivity contribution is 5.88. The Balaban J connectivity index is 0.000000387. The lowest BCUT2D eigenvalue weighted by Crippen LogP contribution is -2.02. The van der Waals surface area contributed by atoms with Crippen LogP contribution in [-0.2, 0) is 0 Å². The molecule has 0 saturated carbocycles. The summed E-state index contributed by atoms with van der Waals surface area (Å²) in [7, 11) is 0. The largest absolute Gasteiger partial charge is 0.872 e. The predicted octanol–water partition coefficient (Wildman–Crippen LogP) is 0.333. The summed E-state index contributed by atoms with van der Waals surface area (Å²) in [5, 5.41) is 19.8. The Morgan fingerprint density at radius 2 is 1.65 bits per heavy atom. The van der Waals surface area contributed by atoms with Gasteiger partial charge in [-0.05, 0) is 26.0 Å². The van der Waals surface area contributed by atoms with Crippen LogP contribution in [-0.4, -0.2) is 16.6 Å². The van der Waals surface area contributed by atoms with Crippen LogP contribution in [0.2, 0.25) is 0 Å². The Bertz CT molecular complexity index is 548. The van der Waals surface area contributed by atoms with E-state index in [0.29, 0.717) is 11.1 Å². The number of carboxylic acids is 1. The molecule has 0 fully saturated rings. The van der Waals surface area contributed by atoms with Crippen LogP contribution in [0.3, 0.4) is 0 Å². The molecule has 108 valence electrons. The standard InChI is InChI=1S/C9H10O3.C5H6N2.H2O/c1-5-3-7(9(11)12)4-6(2)8(5)10;6-5-1-3-7-4-2-5;/h3-4,10H,1-2H3,(H,11,12);1-4H,(H2,6,7);1H2. The van der Waals surface area contributed by atoms with E-state index < -0.39 is 5.97 Å². The number of hydrogen-bond acceptors (Lipinski definition) is 3. The minimum atomic E-state index is -0.999. The third-order valence-corrected chi connectivity index (χ3v) is 2.45. The van der Waals surface area contributed by atoms with E-state index >= 15 is 0 Å². The van der Waals surface area contributed by atoms with Crippen molar-refractivity contribution < 1.29 is 25.5 Å². The van der Waals surface area contributed by atoms with E-state index in [1.54, 1.807) is 38.4 Å². The molecule has 0 aliphatic heterocycles. The van der Waals surface area contributed by atoms with Gasteiger partial charge < -0.3 is 21.4 Å². The van der Waals surface area contributed by atoms with E-state index in [1.807, 2.05) is 0 Å². The van der Waals surface area contributed by atoms with Gasteiger partial charge >= 0.3 is 5.97 Å². The van der Waals surface area contributed by atoms with Crippen molar-refractivity contribution in [2.75, 3.05) is 5.73 Å². The first-order valence-electron chi connectivity index (χ1n) is 5.65. The molecule has 0 amide bonds. The van der Waals surface area contributed by atoms with Crippen LogP contribution in [0.5, 0.6) is 5.75 Å². The van der Waals surface area contributed by atoms with Crippen molar-refractivity contribution in [2.24, 2.45) is 0 Å². The molecule has 0 aliphatic rings. The summed E-state index contributed by atoms with van der Waals surface area (Å²) >= 11 is 0. The number of anilines is 1. The lowest BCUT2D eigenvalue weighted by molar-refractivity contribution is -0.377. The average Bonchev–Trinajstić information content (AvgIpc) is 2.37. The Hall–Kier alpha value is -2.60. The number of aromatic carboxylic acids is 1. The highest BCUT2D eigenvalue weighted by atomic mass is 16.4. The van der Waals surface area contributed by atoms with E-state index in [4.69, 9.17) is 10.8 Å². The van der Waals surface area contributed by atoms with E-state index in [0.717, 1.165) is 5.69 Å². The van der Waals surface area contributed by atoms with Gasteiger partial charge in [0.25, 0.3) is 0 Å². The van der Waals surface area contributed by atoms with Crippen molar-refractivity contribution in [3.8, 4) is 5.75 Å². The molecule has 6 nitrogen and oxygen atoms in total. The molecule has 0 spiro atoms. The summed E-state index contributed by atoms with van der Waals surface area (Å²) in [5.41, 5.74) is 7.26. The first-order chi connectivity index (χ1) is 8.91. The highest BCUT2D eigenvalue weighted by Crippen LogP contribution is 2.19. The van der Waals surface area contributed by atoms with Crippen LogP contribution in [0.15, 0.2) is 36.7 Å². The van der Waals surface area contributed by atoms with Crippen molar-refractivity contribution >= 4 is 11.7 Å². The number of hydrogen-bond donors (Lipinski definition) is 2. The van der Waals surface area contributed by atoms with Gasteiger partial charge in [-0.15, -0.1) is 5.75 Å². The summed E-state index contributed by atoms with van der Waals surface area (Å²) in [5.74, 6) is -1.08. The highest BCUT2D eigenvalue weighted by Gasteiger charge is 2.03. The number of aromatic nitrogens is 1. The summed E-state index contributed by atoms with van der Waals surface area (Å²) in [6.45, 7) is 3.23. The van der Waals surface area contributed by atoms with Gasteiger partial charge in [-0.25, -0.2) is 9.78 Å². The fraction of sp³-hybridized carbons (Fsp3) is 0.143. The number of nitrogen functional groups attached to an aromatic ring is 1. The number of carboxylic acid groups (broad SMARTS) is 1. The second-order valence-electron chi connectivity index (χ2n) is 4.08. The zero-order chi connectivity index (χ0) is 14.4. The average molecular weight is 278 g/mol. The third-order valence-electron chi connectivity index (χ3n) is 2.45. The van der Waals surface area contributed by atoms with Gasteiger partial charge in [0.2, 0.25) is 0 Å². The molecular weight excluding hydrogens is 260 g/mol. The smallest absolute Gasteiger partial charge is 0.335 e. The summed E-state index contributed by atoms with van der Waals surface area (Å²) in [6.07, 6.45) is 3.57. The van der Waals surface area contributed by atoms with E-state index in [1.165, 1.54) is 12.1 Å². The first kappa shape index (κ1) is 17.4. The van der Waals surface area contributed by atoms with Crippen LogP contribution < -0.4 is 15.8 Å². The lowest BCUT2D eigenvalue weighted by atomic mass is 10.1. The molecule has 0 atom stereocenters. The van der Waals surface area contributed by atoms with Gasteiger partial charge in [-0.1, -0.05) is 11.1 Å². The molecule has 6 N–H and O–H groups in total. The van der Waals surface area contributed by atoms with Crippen molar-refractivity contribution in [2.45, 2.75) is 13.8 Å². The number of nitrogens with two attached hydrogens (primary N) is 1. The molecule has 1 aromatic carbocycles. The summed E-state index contributed by atoms with van der Waals surface area (Å²) in [4.78, 5) is 13.4. The van der Waals surface area contributed by atoms with Crippen molar-refractivity contribution in [3.63, 3.8) is 0 Å². The fourth-order valence-corrected chi connectivity index (χ4v) is 1.47. The van der Waals surface area contributed by atoms with Gasteiger partial charge in [0.15, 0.2) is 12.4 Å². The van der Waals surface area contributed by atoms with E-state index in [2.05, 4.69) is 4.98 Å². The summed E-state index contributed by atoms with van der Waals surface area (Å²) in [6, 6.07) is 6.38. The lowest BCUT2D eigenvalue weighted by Gasteiger charge is -2.14. The minimum Gasteiger partial charge on any atom is -0.872 e. The molecule has 0 saturated heterocycles. The maximum Gasteiger partial charge on any atom is 0.335 e. The number of aromatic amines is 1. The van der Waals surface area contributed by atoms with Crippen LogP contribution in [0.25, 0.3) is 0 Å². The number of benzene rings is 1. The van der Waals surface area contributed by atoms with Gasteiger partial charge in [0, 0.05) is 17.8 Å². The van der Waals surface area contributed by atoms with Gasteiger partial charge in [0.1, 0.15) is 0 Å². The monoisotopic (exact) mass is 278 g/mol. The molecule has 0 unspecified atom stereocenters. The van der Waals surface area contributed by atoms with Crippen LogP contribution >= 0.6 is 0 Å². The number of pyridine rings is 1. The Labute approximate surface area is 116 Å². The Kier molecular flexibility index (Phi) is 6.74. The zero-order valence-electron chi connectivity index (χ0n) is 11.3. The van der Waals surface area contributed by atoms with Gasteiger partial charge in [-0.3, -0.25) is 0 Å². The molecule has 0 radical (unpaired) electrons. The van der Waals surface area contributed by atoms with Crippen molar-refractivity contribution in [1.82, 2.24) is 0 Å². The number of aryl methyl sites for hydroxylation is 2. The molecule has 6 heteroatoms. The molecule has 0 bridgehead atoms. The molecule has 2 aromatic rings. The molecule has 1 heterocycles. The van der Waals surface area contributed by atoms with E-state index in [-0.39, 0.29) is 16.8 Å². The van der Waals surface area contributed by atoms with Gasteiger partial charge in [0.05, 0.1) is 5.56 Å². The molecular formula is C14H18N2O4. The van der Waals surface area contributed by atoms with Crippen LogP contribution in [0.4, 0.5) is 5.69 Å². The maximum absolute atomic E-state index is 11.2. The van der Waals surface area contributed by atoms with Crippen LogP contribution in [0, 0.1) is 13.8 Å². The normalized spacial score (nSPS) is 8.90. The number of rotatable bonds is 1. The summed E-state index contributed by atoms with van der Waals surface area (Å²) < 4.78 is 0. The Morgan fingerprint density at radius 1 is 1.20 bits per heavy atom. The Morgan fingerprint density at radius 3 is 1.95 bits per heavy atom. The fourth-order valence-electron chi connectivity index (χ4n) is 1.47. The molecule has 20 heavy (non-hydrogen) atoms. The maximum atomic E-state index is 11.2. The number of H-pyrrole nitrogens is 1. The number of nitrogens with one attached hydrogen (secondary N) is 1. The second-order valence-corrected chi connectivity index (χ2v) is 4.08. The SMILES string of the molecule is Cc1cc(C(=O)O)cc(C)c1[O-].Nc1cc[nH+]cc1.O. The topological polar surface area (TPSA) is 132 Å². The van der Waals surface area contributed by atoms with Crippen molar-refractivity contribution in [3.05, 3.63) is 53.3 Å². The quantitative estimate of drug-likeness (QED) is 0.777. The first-order valence-corrected chi connectivity index (χ1v) is 5.65. The van der Waals surface area contributed by atoms with Gasteiger partial charge in [-0.2, -0.15) is 0 Å². The minimum absolute atomic E-state index is 0. The van der Waals surface area contributed by atoms with Crippen molar-refractivity contribution in [1.29, 1.82) is 0 Å². The molecule has 1 aromatic heterocycles. The zero-order valence-corrected chi connectivity index (χ0v) is 11.3. The molecule has 0 aliphatic carbocycles.